The third-order valence-corrected chi connectivity index (χ3v) is 5.27. The lowest BCUT2D eigenvalue weighted by Crippen LogP contribution is -2.38. The number of benzene rings is 1. The van der Waals surface area contributed by atoms with E-state index in [9.17, 15) is 0 Å². The summed E-state index contributed by atoms with van der Waals surface area (Å²) in [6, 6.07) is 6.94. The van der Waals surface area contributed by atoms with E-state index in [1.807, 2.05) is 17.8 Å². The molecule has 0 spiro atoms. The van der Waals surface area contributed by atoms with Crippen molar-refractivity contribution in [2.45, 2.75) is 41.9 Å². The predicted molar refractivity (Wildman–Crippen MR) is 78.4 cm³/mol. The first kappa shape index (κ1) is 13.1. The zero-order valence-corrected chi connectivity index (χ0v) is 12.2. The van der Waals surface area contributed by atoms with Crippen molar-refractivity contribution in [1.29, 1.82) is 0 Å². The topological polar surface area (TPSA) is 30.5 Å². The van der Waals surface area contributed by atoms with Gasteiger partial charge in [-0.05, 0) is 38.1 Å². The standard InChI is InChI=1S/C15H21NO2S/c1-16-12-4-2-3-5-15(12)19-11-6-7-13-14(10-11)18-9-8-17-13/h6-7,10,12,15-16H,2-5,8-9H2,1H3. The maximum Gasteiger partial charge on any atom is 0.162 e. The van der Waals surface area contributed by atoms with Gasteiger partial charge in [-0.3, -0.25) is 0 Å². The molecule has 0 bridgehead atoms. The highest BCUT2D eigenvalue weighted by Gasteiger charge is 2.25. The normalized spacial score (nSPS) is 26.2. The fourth-order valence-electron chi connectivity index (χ4n) is 2.84. The molecule has 3 nitrogen and oxygen atoms in total. The Morgan fingerprint density at radius 2 is 1.89 bits per heavy atom. The predicted octanol–water partition coefficient (Wildman–Crippen LogP) is 3.08. The molecule has 2 aliphatic rings. The molecule has 1 aliphatic heterocycles. The molecule has 4 heteroatoms. The van der Waals surface area contributed by atoms with Crippen molar-refractivity contribution in [1.82, 2.24) is 5.32 Å². The Kier molecular flexibility index (Phi) is 4.18. The molecular formula is C15H21NO2S. The van der Waals surface area contributed by atoms with Crippen LogP contribution in [0, 0.1) is 0 Å². The van der Waals surface area contributed by atoms with Crippen molar-refractivity contribution in [2.75, 3.05) is 20.3 Å². The molecular weight excluding hydrogens is 258 g/mol. The first-order valence-corrected chi connectivity index (χ1v) is 7.98. The van der Waals surface area contributed by atoms with Crippen LogP contribution < -0.4 is 14.8 Å². The highest BCUT2D eigenvalue weighted by Crippen LogP contribution is 2.38. The van der Waals surface area contributed by atoms with E-state index in [2.05, 4.69) is 24.5 Å². The second-order valence-electron chi connectivity index (χ2n) is 5.14. The van der Waals surface area contributed by atoms with E-state index in [1.165, 1.54) is 30.6 Å². The van der Waals surface area contributed by atoms with Crippen LogP contribution >= 0.6 is 11.8 Å². The van der Waals surface area contributed by atoms with Gasteiger partial charge < -0.3 is 14.8 Å². The highest BCUT2D eigenvalue weighted by atomic mass is 32.2. The summed E-state index contributed by atoms with van der Waals surface area (Å²) in [5.41, 5.74) is 0. The second kappa shape index (κ2) is 6.06. The largest absolute Gasteiger partial charge is 0.486 e. The van der Waals surface area contributed by atoms with Crippen LogP contribution in [0.4, 0.5) is 0 Å². The molecule has 2 atom stereocenters. The number of hydrogen-bond donors (Lipinski definition) is 1. The smallest absolute Gasteiger partial charge is 0.162 e. The first-order valence-electron chi connectivity index (χ1n) is 7.10. The van der Waals surface area contributed by atoms with Crippen LogP contribution in [0.2, 0.25) is 0 Å². The maximum absolute atomic E-state index is 5.65. The average molecular weight is 279 g/mol. The SMILES string of the molecule is CNC1CCCCC1Sc1ccc2c(c1)OCCO2. The molecule has 3 rings (SSSR count). The van der Waals surface area contributed by atoms with Crippen LogP contribution in [0.15, 0.2) is 23.1 Å². The van der Waals surface area contributed by atoms with Crippen molar-refractivity contribution < 1.29 is 9.47 Å². The van der Waals surface area contributed by atoms with Gasteiger partial charge >= 0.3 is 0 Å². The van der Waals surface area contributed by atoms with E-state index in [-0.39, 0.29) is 0 Å². The van der Waals surface area contributed by atoms with Crippen LogP contribution in [0.5, 0.6) is 11.5 Å². The van der Waals surface area contributed by atoms with E-state index in [0.29, 0.717) is 24.5 Å². The lowest BCUT2D eigenvalue weighted by Gasteiger charge is -2.31. The number of thioether (sulfide) groups is 1. The van der Waals surface area contributed by atoms with E-state index >= 15 is 0 Å². The van der Waals surface area contributed by atoms with Crippen molar-refractivity contribution in [3.8, 4) is 11.5 Å². The summed E-state index contributed by atoms with van der Waals surface area (Å²) in [6.07, 6.45) is 5.29. The minimum Gasteiger partial charge on any atom is -0.486 e. The third-order valence-electron chi connectivity index (χ3n) is 3.87. The fourth-order valence-corrected chi connectivity index (χ4v) is 4.23. The number of rotatable bonds is 3. The Morgan fingerprint density at radius 3 is 2.74 bits per heavy atom. The molecule has 0 saturated heterocycles. The fraction of sp³-hybridized carbons (Fsp3) is 0.600. The van der Waals surface area contributed by atoms with E-state index in [1.54, 1.807) is 0 Å². The van der Waals surface area contributed by atoms with Crippen molar-refractivity contribution in [3.05, 3.63) is 18.2 Å². The quantitative estimate of drug-likeness (QED) is 0.921. The van der Waals surface area contributed by atoms with Gasteiger partial charge in [-0.25, -0.2) is 0 Å². The molecule has 1 saturated carbocycles. The minimum absolute atomic E-state index is 0.631. The number of fused-ring (bicyclic) bond motifs is 1. The molecule has 0 amide bonds. The molecule has 2 unspecified atom stereocenters. The average Bonchev–Trinajstić information content (AvgIpc) is 2.48. The molecule has 1 aromatic carbocycles. The first-order chi connectivity index (χ1) is 9.36. The molecule has 0 radical (unpaired) electrons. The Balaban J connectivity index is 1.71. The van der Waals surface area contributed by atoms with Gasteiger partial charge in [0.1, 0.15) is 13.2 Å². The Labute approximate surface area is 119 Å². The maximum atomic E-state index is 5.65. The summed E-state index contributed by atoms with van der Waals surface area (Å²) in [5.74, 6) is 1.78. The van der Waals surface area contributed by atoms with Gasteiger partial charge in [0.2, 0.25) is 0 Å². The zero-order chi connectivity index (χ0) is 13.1. The summed E-state index contributed by atoms with van der Waals surface area (Å²) in [4.78, 5) is 1.29. The Morgan fingerprint density at radius 1 is 1.11 bits per heavy atom. The van der Waals surface area contributed by atoms with E-state index in [4.69, 9.17) is 9.47 Å². The number of ether oxygens (including phenoxy) is 2. The van der Waals surface area contributed by atoms with Gasteiger partial charge in [-0.1, -0.05) is 12.8 Å². The second-order valence-corrected chi connectivity index (χ2v) is 6.45. The van der Waals surface area contributed by atoms with Crippen molar-refractivity contribution in [3.63, 3.8) is 0 Å². The summed E-state index contributed by atoms with van der Waals surface area (Å²) in [7, 11) is 2.08. The summed E-state index contributed by atoms with van der Waals surface area (Å²) >= 11 is 1.97. The summed E-state index contributed by atoms with van der Waals surface area (Å²) < 4.78 is 11.2. The van der Waals surface area contributed by atoms with Gasteiger partial charge in [-0.15, -0.1) is 11.8 Å². The Bertz CT molecular complexity index is 438. The van der Waals surface area contributed by atoms with Gasteiger partial charge in [0, 0.05) is 16.2 Å². The van der Waals surface area contributed by atoms with E-state index in [0.717, 1.165) is 11.5 Å². The molecule has 1 aliphatic carbocycles. The molecule has 104 valence electrons. The van der Waals surface area contributed by atoms with Crippen LogP contribution in [0.25, 0.3) is 0 Å². The van der Waals surface area contributed by atoms with Gasteiger partial charge in [-0.2, -0.15) is 0 Å². The molecule has 1 fully saturated rings. The molecule has 19 heavy (non-hydrogen) atoms. The van der Waals surface area contributed by atoms with Crippen molar-refractivity contribution in [2.24, 2.45) is 0 Å². The monoisotopic (exact) mass is 279 g/mol. The van der Waals surface area contributed by atoms with Gasteiger partial charge in [0.25, 0.3) is 0 Å². The third kappa shape index (κ3) is 3.00. The molecule has 1 heterocycles. The molecule has 0 aromatic heterocycles. The van der Waals surface area contributed by atoms with Crippen LogP contribution in [-0.4, -0.2) is 31.6 Å². The van der Waals surface area contributed by atoms with Crippen LogP contribution in [0.3, 0.4) is 0 Å². The van der Waals surface area contributed by atoms with Gasteiger partial charge in [0.15, 0.2) is 11.5 Å². The zero-order valence-electron chi connectivity index (χ0n) is 11.4. The summed E-state index contributed by atoms with van der Waals surface area (Å²) in [6.45, 7) is 1.31. The lowest BCUT2D eigenvalue weighted by atomic mass is 9.95. The highest BCUT2D eigenvalue weighted by molar-refractivity contribution is 8.00. The molecule has 1 N–H and O–H groups in total. The lowest BCUT2D eigenvalue weighted by molar-refractivity contribution is 0.171. The summed E-state index contributed by atoms with van der Waals surface area (Å²) in [5, 5.41) is 4.13. The van der Waals surface area contributed by atoms with Gasteiger partial charge in [0.05, 0.1) is 0 Å². The van der Waals surface area contributed by atoms with Crippen molar-refractivity contribution >= 4 is 11.8 Å². The van der Waals surface area contributed by atoms with Crippen LogP contribution in [-0.2, 0) is 0 Å². The number of nitrogens with one attached hydrogen (secondary N) is 1. The van der Waals surface area contributed by atoms with Crippen LogP contribution in [0.1, 0.15) is 25.7 Å². The minimum atomic E-state index is 0.631. The number of hydrogen-bond acceptors (Lipinski definition) is 4. The Hall–Kier alpha value is -0.870. The van der Waals surface area contributed by atoms with E-state index < -0.39 is 0 Å². The molecule has 1 aromatic rings.